The summed E-state index contributed by atoms with van der Waals surface area (Å²) in [4.78, 5) is 27.8. The van der Waals surface area contributed by atoms with E-state index in [1.165, 1.54) is 0 Å². The molecule has 1 aromatic carbocycles. The summed E-state index contributed by atoms with van der Waals surface area (Å²) in [5.41, 5.74) is 2.13. The van der Waals surface area contributed by atoms with Gasteiger partial charge >= 0.3 is 0 Å². The van der Waals surface area contributed by atoms with Crippen LogP contribution in [0.3, 0.4) is 0 Å². The highest BCUT2D eigenvalue weighted by Crippen LogP contribution is 2.24. The number of amides is 2. The first-order valence-electron chi connectivity index (χ1n) is 7.66. The van der Waals surface area contributed by atoms with Crippen molar-refractivity contribution in [1.82, 2.24) is 4.90 Å². The number of piperidine rings is 1. The molecule has 0 unspecified atom stereocenters. The number of rotatable bonds is 3. The van der Waals surface area contributed by atoms with E-state index in [1.807, 2.05) is 47.9 Å². The summed E-state index contributed by atoms with van der Waals surface area (Å²) in [6.07, 6.45) is 1.53. The largest absolute Gasteiger partial charge is 0.343 e. The van der Waals surface area contributed by atoms with Crippen molar-refractivity contribution in [1.29, 1.82) is 0 Å². The van der Waals surface area contributed by atoms with Gasteiger partial charge in [0.2, 0.25) is 11.8 Å². The molecule has 0 aromatic heterocycles. The van der Waals surface area contributed by atoms with Crippen LogP contribution in [-0.2, 0) is 9.59 Å². The fourth-order valence-electron chi connectivity index (χ4n) is 2.92. The van der Waals surface area contributed by atoms with E-state index in [0.717, 1.165) is 24.1 Å². The Morgan fingerprint density at radius 1 is 1.29 bits per heavy atom. The van der Waals surface area contributed by atoms with Crippen LogP contribution < -0.4 is 4.90 Å². The van der Waals surface area contributed by atoms with E-state index in [4.69, 9.17) is 0 Å². The Morgan fingerprint density at radius 3 is 2.48 bits per heavy atom. The second-order valence-corrected chi connectivity index (χ2v) is 5.70. The maximum Gasteiger partial charge on any atom is 0.230 e. The molecular formula is C17H24N2O2. The minimum Gasteiger partial charge on any atom is -0.343 e. The molecule has 2 rings (SSSR count). The van der Waals surface area contributed by atoms with Crippen molar-refractivity contribution in [3.63, 3.8) is 0 Å². The van der Waals surface area contributed by atoms with E-state index in [0.29, 0.717) is 19.6 Å². The molecule has 4 heteroatoms. The molecule has 0 saturated carbocycles. The Balaban J connectivity index is 2.06. The lowest BCUT2D eigenvalue weighted by Crippen LogP contribution is -2.44. The molecule has 1 heterocycles. The van der Waals surface area contributed by atoms with Crippen molar-refractivity contribution in [2.45, 2.75) is 33.6 Å². The van der Waals surface area contributed by atoms with Crippen molar-refractivity contribution in [3.05, 3.63) is 29.8 Å². The van der Waals surface area contributed by atoms with Crippen molar-refractivity contribution in [2.75, 3.05) is 24.5 Å². The van der Waals surface area contributed by atoms with Crippen LogP contribution in [0.2, 0.25) is 0 Å². The summed E-state index contributed by atoms with van der Waals surface area (Å²) in [5.74, 6) is 0.319. The first-order valence-corrected chi connectivity index (χ1v) is 7.66. The van der Waals surface area contributed by atoms with Crippen LogP contribution in [0.4, 0.5) is 5.69 Å². The van der Waals surface area contributed by atoms with Crippen molar-refractivity contribution in [3.8, 4) is 0 Å². The zero-order valence-corrected chi connectivity index (χ0v) is 13.1. The van der Waals surface area contributed by atoms with Crippen LogP contribution in [0.15, 0.2) is 24.3 Å². The summed E-state index contributed by atoms with van der Waals surface area (Å²) in [7, 11) is 0. The Kier molecular flexibility index (Phi) is 4.99. The number of carbonyl (C=O) groups excluding carboxylic acids is 2. The summed E-state index contributed by atoms with van der Waals surface area (Å²) >= 11 is 0. The lowest BCUT2D eigenvalue weighted by molar-refractivity contribution is -0.133. The maximum absolute atomic E-state index is 12.7. The van der Waals surface area contributed by atoms with Crippen LogP contribution in [-0.4, -0.2) is 36.3 Å². The van der Waals surface area contributed by atoms with Gasteiger partial charge in [-0.2, -0.15) is 0 Å². The SMILES string of the molecule is CCN(C(=O)C1CCN(C(C)=O)CC1)c1cccc(C)c1. The van der Waals surface area contributed by atoms with Crippen molar-refractivity contribution in [2.24, 2.45) is 5.92 Å². The number of nitrogens with zero attached hydrogens (tertiary/aromatic N) is 2. The molecule has 0 radical (unpaired) electrons. The highest BCUT2D eigenvalue weighted by molar-refractivity contribution is 5.95. The van der Waals surface area contributed by atoms with Crippen LogP contribution in [0, 0.1) is 12.8 Å². The maximum atomic E-state index is 12.7. The molecule has 0 spiro atoms. The van der Waals surface area contributed by atoms with Crippen LogP contribution >= 0.6 is 0 Å². The highest BCUT2D eigenvalue weighted by Gasteiger charge is 2.29. The molecule has 21 heavy (non-hydrogen) atoms. The number of benzene rings is 1. The van der Waals surface area contributed by atoms with Crippen LogP contribution in [0.25, 0.3) is 0 Å². The number of aryl methyl sites for hydroxylation is 1. The van der Waals surface area contributed by atoms with Gasteiger partial charge in [-0.25, -0.2) is 0 Å². The third-order valence-electron chi connectivity index (χ3n) is 4.19. The van der Waals surface area contributed by atoms with Gasteiger partial charge in [-0.3, -0.25) is 9.59 Å². The molecule has 0 bridgehead atoms. The number of hydrogen-bond acceptors (Lipinski definition) is 2. The van der Waals surface area contributed by atoms with Gasteiger partial charge in [0, 0.05) is 38.2 Å². The normalized spacial score (nSPS) is 15.9. The molecule has 0 aliphatic carbocycles. The first kappa shape index (κ1) is 15.5. The third-order valence-corrected chi connectivity index (χ3v) is 4.19. The minimum absolute atomic E-state index is 0.0288. The van der Waals surface area contributed by atoms with Gasteiger partial charge in [0.15, 0.2) is 0 Å². The summed E-state index contributed by atoms with van der Waals surface area (Å²) < 4.78 is 0. The molecule has 1 aliphatic heterocycles. The molecule has 2 amide bonds. The van der Waals surface area contributed by atoms with E-state index in [1.54, 1.807) is 6.92 Å². The smallest absolute Gasteiger partial charge is 0.230 e. The average molecular weight is 288 g/mol. The third kappa shape index (κ3) is 3.63. The van der Waals surface area contributed by atoms with E-state index in [2.05, 4.69) is 0 Å². The zero-order chi connectivity index (χ0) is 15.4. The van der Waals surface area contributed by atoms with Crippen molar-refractivity contribution >= 4 is 17.5 Å². The Hall–Kier alpha value is -1.84. The Labute approximate surface area is 126 Å². The van der Waals surface area contributed by atoms with E-state index >= 15 is 0 Å². The average Bonchev–Trinajstić information content (AvgIpc) is 2.48. The summed E-state index contributed by atoms with van der Waals surface area (Å²) in [6.45, 7) is 7.69. The van der Waals surface area contributed by atoms with Crippen LogP contribution in [0.5, 0.6) is 0 Å². The second kappa shape index (κ2) is 6.74. The first-order chi connectivity index (χ1) is 10.0. The van der Waals surface area contributed by atoms with Crippen molar-refractivity contribution < 1.29 is 9.59 Å². The molecular weight excluding hydrogens is 264 g/mol. The highest BCUT2D eigenvalue weighted by atomic mass is 16.2. The van der Waals surface area contributed by atoms with Crippen LogP contribution in [0.1, 0.15) is 32.3 Å². The number of carbonyl (C=O) groups is 2. The quantitative estimate of drug-likeness (QED) is 0.858. The second-order valence-electron chi connectivity index (χ2n) is 5.70. The molecule has 4 nitrogen and oxygen atoms in total. The van der Waals surface area contributed by atoms with Gasteiger partial charge in [-0.1, -0.05) is 12.1 Å². The standard InChI is InChI=1S/C17H24N2O2/c1-4-19(16-7-5-6-13(2)12-16)17(21)15-8-10-18(11-9-15)14(3)20/h5-7,12,15H,4,8-11H2,1-3H3. The molecule has 1 fully saturated rings. The van der Waals surface area contributed by atoms with Gasteiger partial charge in [-0.15, -0.1) is 0 Å². The Bertz CT molecular complexity index is 519. The van der Waals surface area contributed by atoms with Gasteiger partial charge in [0.1, 0.15) is 0 Å². The van der Waals surface area contributed by atoms with Gasteiger partial charge < -0.3 is 9.80 Å². The summed E-state index contributed by atoms with van der Waals surface area (Å²) in [6, 6.07) is 8.05. The van der Waals surface area contributed by atoms with Gasteiger partial charge in [-0.05, 0) is 44.4 Å². The Morgan fingerprint density at radius 2 is 1.95 bits per heavy atom. The van der Waals surface area contributed by atoms with Gasteiger partial charge in [0.05, 0.1) is 0 Å². The predicted molar refractivity (Wildman–Crippen MR) is 84.2 cm³/mol. The van der Waals surface area contributed by atoms with E-state index < -0.39 is 0 Å². The fraction of sp³-hybridized carbons (Fsp3) is 0.529. The fourth-order valence-corrected chi connectivity index (χ4v) is 2.92. The topological polar surface area (TPSA) is 40.6 Å². The lowest BCUT2D eigenvalue weighted by Gasteiger charge is -2.33. The van der Waals surface area contributed by atoms with E-state index in [9.17, 15) is 9.59 Å². The molecule has 114 valence electrons. The van der Waals surface area contributed by atoms with E-state index in [-0.39, 0.29) is 17.7 Å². The number of likely N-dealkylation sites (tertiary alicyclic amines) is 1. The number of anilines is 1. The predicted octanol–water partition coefficient (Wildman–Crippen LogP) is 2.61. The lowest BCUT2D eigenvalue weighted by atomic mass is 9.95. The molecule has 0 atom stereocenters. The monoisotopic (exact) mass is 288 g/mol. The molecule has 1 saturated heterocycles. The molecule has 0 N–H and O–H groups in total. The molecule has 1 aromatic rings. The number of hydrogen-bond donors (Lipinski definition) is 0. The minimum atomic E-state index is 0.0288. The summed E-state index contributed by atoms with van der Waals surface area (Å²) in [5, 5.41) is 0. The van der Waals surface area contributed by atoms with Gasteiger partial charge in [0.25, 0.3) is 0 Å². The molecule has 1 aliphatic rings. The zero-order valence-electron chi connectivity index (χ0n) is 13.1.